The van der Waals surface area contributed by atoms with Crippen LogP contribution in [0.25, 0.3) is 10.8 Å². The van der Waals surface area contributed by atoms with Crippen LogP contribution in [0.5, 0.6) is 5.75 Å². The van der Waals surface area contributed by atoms with Gasteiger partial charge in [0.1, 0.15) is 5.75 Å². The Morgan fingerprint density at radius 1 is 1.20 bits per heavy atom. The van der Waals surface area contributed by atoms with Crippen LogP contribution in [0, 0.1) is 11.8 Å². The molecule has 4 rings (SSSR count). The van der Waals surface area contributed by atoms with Crippen molar-refractivity contribution in [1.82, 2.24) is 10.6 Å². The minimum Gasteiger partial charge on any atom is -0.493 e. The summed E-state index contributed by atoms with van der Waals surface area (Å²) in [4.78, 5) is 25.5. The third kappa shape index (κ3) is 4.15. The summed E-state index contributed by atoms with van der Waals surface area (Å²) < 4.78 is 11.1. The third-order valence-electron chi connectivity index (χ3n) is 6.44. The van der Waals surface area contributed by atoms with Gasteiger partial charge >= 0.3 is 0 Å². The molecule has 2 amide bonds. The lowest BCUT2D eigenvalue weighted by atomic mass is 9.71. The van der Waals surface area contributed by atoms with E-state index in [-0.39, 0.29) is 29.8 Å². The molecule has 6 nitrogen and oxygen atoms in total. The van der Waals surface area contributed by atoms with Gasteiger partial charge in [-0.05, 0) is 54.9 Å². The molecule has 4 unspecified atom stereocenters. The number of hydrogen-bond donors (Lipinski definition) is 2. The van der Waals surface area contributed by atoms with Crippen molar-refractivity contribution in [3.63, 3.8) is 0 Å². The highest BCUT2D eigenvalue weighted by Gasteiger charge is 2.41. The molecule has 0 bridgehead atoms. The topological polar surface area (TPSA) is 76.7 Å². The Labute approximate surface area is 177 Å². The fourth-order valence-electron chi connectivity index (χ4n) is 5.13. The Hall–Kier alpha value is -2.60. The van der Waals surface area contributed by atoms with Gasteiger partial charge in [0.25, 0.3) is 5.91 Å². The van der Waals surface area contributed by atoms with E-state index >= 15 is 0 Å². The summed E-state index contributed by atoms with van der Waals surface area (Å²) in [7, 11) is 1.69. The highest BCUT2D eigenvalue weighted by molar-refractivity contribution is 6.09. The predicted octanol–water partition coefficient (Wildman–Crippen LogP) is 3.29. The Balaban J connectivity index is 1.52. The van der Waals surface area contributed by atoms with Gasteiger partial charge in [-0.1, -0.05) is 30.3 Å². The number of carbonyl (C=O) groups excluding carboxylic acids is 2. The molecule has 2 aromatic rings. The van der Waals surface area contributed by atoms with Gasteiger partial charge in [0, 0.05) is 32.2 Å². The zero-order valence-electron chi connectivity index (χ0n) is 17.6. The van der Waals surface area contributed by atoms with Crippen LogP contribution >= 0.6 is 0 Å². The zero-order valence-corrected chi connectivity index (χ0v) is 17.6. The number of ether oxygens (including phenoxy) is 2. The minimum absolute atomic E-state index is 0.0220. The zero-order chi connectivity index (χ0) is 21.1. The number of rotatable bonds is 6. The third-order valence-corrected chi connectivity index (χ3v) is 6.44. The van der Waals surface area contributed by atoms with Crippen LogP contribution in [-0.4, -0.2) is 44.2 Å². The first kappa shape index (κ1) is 20.7. The van der Waals surface area contributed by atoms with Crippen LogP contribution in [0.15, 0.2) is 36.4 Å². The second kappa shape index (κ2) is 9.04. The van der Waals surface area contributed by atoms with E-state index in [2.05, 4.69) is 10.6 Å². The van der Waals surface area contributed by atoms with Gasteiger partial charge < -0.3 is 20.1 Å². The fourth-order valence-corrected chi connectivity index (χ4v) is 5.13. The predicted molar refractivity (Wildman–Crippen MR) is 116 cm³/mol. The summed E-state index contributed by atoms with van der Waals surface area (Å²) in [6.45, 7) is 3.03. The number of carbonyl (C=O) groups is 2. The molecule has 0 radical (unpaired) electrons. The van der Waals surface area contributed by atoms with Gasteiger partial charge in [-0.15, -0.1) is 0 Å². The van der Waals surface area contributed by atoms with E-state index in [0.29, 0.717) is 36.9 Å². The average molecular weight is 411 g/mol. The van der Waals surface area contributed by atoms with Crippen molar-refractivity contribution in [3.8, 4) is 5.75 Å². The molecule has 2 aliphatic rings. The molecule has 2 aromatic carbocycles. The maximum atomic E-state index is 13.3. The molecule has 1 aliphatic carbocycles. The fraction of sp³-hybridized carbons (Fsp3) is 0.500. The van der Waals surface area contributed by atoms with E-state index in [1.165, 1.54) is 0 Å². The molecular weight excluding hydrogens is 380 g/mol. The molecule has 4 atom stereocenters. The lowest BCUT2D eigenvalue weighted by Gasteiger charge is -2.43. The normalized spacial score (nSPS) is 26.0. The van der Waals surface area contributed by atoms with Gasteiger partial charge in [0.15, 0.2) is 0 Å². The van der Waals surface area contributed by atoms with Crippen LogP contribution in [0.2, 0.25) is 0 Å². The molecule has 0 aromatic heterocycles. The van der Waals surface area contributed by atoms with Crippen LogP contribution in [0.4, 0.5) is 0 Å². The Morgan fingerprint density at radius 3 is 2.83 bits per heavy atom. The summed E-state index contributed by atoms with van der Waals surface area (Å²) in [6.07, 6.45) is 3.15. The lowest BCUT2D eigenvalue weighted by molar-refractivity contribution is -0.128. The standard InChI is InChI=1S/C24H30N2O4/c1-3-30-21-11-8-15-6-4-5-7-19(15)23(21)24(28)25-17-9-10-18-16(14-29-2)12-22(27)26-20(18)13-17/h4-8,11,16-18,20H,3,9-10,12-14H2,1-2H3,(H,25,28)(H,26,27). The summed E-state index contributed by atoms with van der Waals surface area (Å²) in [6, 6.07) is 11.8. The number of fused-ring (bicyclic) bond motifs is 2. The molecule has 1 aliphatic heterocycles. The Bertz CT molecular complexity index is 929. The SMILES string of the molecule is CCOc1ccc2ccccc2c1C(=O)NC1CCC2C(COC)CC(=O)NC2C1. The summed E-state index contributed by atoms with van der Waals surface area (Å²) in [5, 5.41) is 8.26. The van der Waals surface area contributed by atoms with Gasteiger partial charge in [-0.3, -0.25) is 9.59 Å². The summed E-state index contributed by atoms with van der Waals surface area (Å²) in [5.41, 5.74) is 0.585. The molecule has 0 spiro atoms. The maximum Gasteiger partial charge on any atom is 0.255 e. The molecule has 160 valence electrons. The first-order valence-corrected chi connectivity index (χ1v) is 10.8. The number of nitrogens with one attached hydrogen (secondary N) is 2. The van der Waals surface area contributed by atoms with Crippen LogP contribution in [0.3, 0.4) is 0 Å². The molecule has 6 heteroatoms. The quantitative estimate of drug-likeness (QED) is 0.766. The Kier molecular flexibility index (Phi) is 6.23. The summed E-state index contributed by atoms with van der Waals surface area (Å²) >= 11 is 0. The smallest absolute Gasteiger partial charge is 0.255 e. The Morgan fingerprint density at radius 2 is 2.03 bits per heavy atom. The van der Waals surface area contributed by atoms with Gasteiger partial charge in [-0.25, -0.2) is 0 Å². The first-order chi connectivity index (χ1) is 14.6. The van der Waals surface area contributed by atoms with Crippen molar-refractivity contribution >= 4 is 22.6 Å². The summed E-state index contributed by atoms with van der Waals surface area (Å²) in [5.74, 6) is 1.24. The van der Waals surface area contributed by atoms with E-state index < -0.39 is 0 Å². The van der Waals surface area contributed by atoms with Crippen molar-refractivity contribution in [2.45, 2.75) is 44.7 Å². The molecule has 1 heterocycles. The minimum atomic E-state index is -0.116. The number of methoxy groups -OCH3 is 1. The van der Waals surface area contributed by atoms with Gasteiger partial charge in [0.05, 0.1) is 12.2 Å². The van der Waals surface area contributed by atoms with Gasteiger partial charge in [-0.2, -0.15) is 0 Å². The van der Waals surface area contributed by atoms with E-state index in [1.807, 2.05) is 43.3 Å². The molecule has 30 heavy (non-hydrogen) atoms. The highest BCUT2D eigenvalue weighted by atomic mass is 16.5. The largest absolute Gasteiger partial charge is 0.493 e. The molecule has 2 N–H and O–H groups in total. The number of piperidine rings is 1. The van der Waals surface area contributed by atoms with Crippen molar-refractivity contribution in [3.05, 3.63) is 42.0 Å². The van der Waals surface area contributed by atoms with Crippen molar-refractivity contribution in [1.29, 1.82) is 0 Å². The van der Waals surface area contributed by atoms with Crippen molar-refractivity contribution < 1.29 is 19.1 Å². The van der Waals surface area contributed by atoms with E-state index in [4.69, 9.17) is 9.47 Å². The monoisotopic (exact) mass is 410 g/mol. The first-order valence-electron chi connectivity index (χ1n) is 10.8. The van der Waals surface area contributed by atoms with Crippen LogP contribution in [-0.2, 0) is 9.53 Å². The number of hydrogen-bond acceptors (Lipinski definition) is 4. The second-order valence-electron chi connectivity index (χ2n) is 8.33. The second-order valence-corrected chi connectivity index (χ2v) is 8.33. The number of benzene rings is 2. The van der Waals surface area contributed by atoms with Crippen LogP contribution in [0.1, 0.15) is 43.0 Å². The van der Waals surface area contributed by atoms with Crippen molar-refractivity contribution in [2.24, 2.45) is 11.8 Å². The van der Waals surface area contributed by atoms with E-state index in [9.17, 15) is 9.59 Å². The number of amides is 2. The molecule has 1 saturated carbocycles. The molecule has 2 fully saturated rings. The highest BCUT2D eigenvalue weighted by Crippen LogP contribution is 2.36. The molecule has 1 saturated heterocycles. The lowest BCUT2D eigenvalue weighted by Crippen LogP contribution is -2.56. The van der Waals surface area contributed by atoms with Gasteiger partial charge in [0.2, 0.25) is 5.91 Å². The van der Waals surface area contributed by atoms with Crippen LogP contribution < -0.4 is 15.4 Å². The van der Waals surface area contributed by atoms with E-state index in [1.54, 1.807) is 7.11 Å². The van der Waals surface area contributed by atoms with Crippen molar-refractivity contribution in [2.75, 3.05) is 20.3 Å². The van der Waals surface area contributed by atoms with E-state index in [0.717, 1.165) is 30.0 Å². The molecular formula is C24H30N2O4. The average Bonchev–Trinajstić information content (AvgIpc) is 2.73. The maximum absolute atomic E-state index is 13.3.